The van der Waals surface area contributed by atoms with Crippen LogP contribution in [0.2, 0.25) is 0 Å². The summed E-state index contributed by atoms with van der Waals surface area (Å²) in [5.41, 5.74) is 0.246. The van der Waals surface area contributed by atoms with Gasteiger partial charge in [0.05, 0.1) is 25.4 Å². The molecule has 1 amide bonds. The highest BCUT2D eigenvalue weighted by atomic mass is 32.2. The van der Waals surface area contributed by atoms with Gasteiger partial charge in [0.2, 0.25) is 0 Å². The standard InChI is InChI=1S/C15H21NO4S/c1-18-11-4-5-12(13(8-11)19-2)14(17)16-9-15(20-3)6-7-21-10-15/h4-5,8H,6-7,9-10H2,1-3H3,(H,16,17). The van der Waals surface area contributed by atoms with E-state index in [2.05, 4.69) is 5.32 Å². The van der Waals surface area contributed by atoms with Gasteiger partial charge in [-0.2, -0.15) is 11.8 Å². The number of hydrogen-bond donors (Lipinski definition) is 1. The van der Waals surface area contributed by atoms with Crippen LogP contribution in [0.5, 0.6) is 11.5 Å². The van der Waals surface area contributed by atoms with Crippen molar-refractivity contribution in [3.63, 3.8) is 0 Å². The molecule has 1 atom stereocenters. The molecule has 1 aromatic carbocycles. The van der Waals surface area contributed by atoms with Crippen LogP contribution < -0.4 is 14.8 Å². The molecule has 0 spiro atoms. The molecule has 6 heteroatoms. The zero-order valence-electron chi connectivity index (χ0n) is 12.6. The molecule has 0 aromatic heterocycles. The Kier molecular flexibility index (Phi) is 5.36. The first-order chi connectivity index (χ1) is 10.1. The van der Waals surface area contributed by atoms with Crippen LogP contribution in [0.1, 0.15) is 16.8 Å². The van der Waals surface area contributed by atoms with Gasteiger partial charge < -0.3 is 19.5 Å². The molecule has 1 aliphatic heterocycles. The lowest BCUT2D eigenvalue weighted by atomic mass is 10.0. The predicted molar refractivity (Wildman–Crippen MR) is 83.6 cm³/mol. The first-order valence-electron chi connectivity index (χ1n) is 6.77. The van der Waals surface area contributed by atoms with Gasteiger partial charge in [-0.05, 0) is 24.3 Å². The fourth-order valence-corrected chi connectivity index (χ4v) is 3.68. The van der Waals surface area contributed by atoms with Crippen LogP contribution in [0, 0.1) is 0 Å². The number of thioether (sulfide) groups is 1. The van der Waals surface area contributed by atoms with Gasteiger partial charge in [-0.25, -0.2) is 0 Å². The van der Waals surface area contributed by atoms with Gasteiger partial charge in [-0.15, -0.1) is 0 Å². The van der Waals surface area contributed by atoms with E-state index in [4.69, 9.17) is 14.2 Å². The smallest absolute Gasteiger partial charge is 0.255 e. The second-order valence-electron chi connectivity index (χ2n) is 4.94. The summed E-state index contributed by atoms with van der Waals surface area (Å²) in [5, 5.41) is 2.95. The second kappa shape index (κ2) is 7.04. The maximum absolute atomic E-state index is 12.3. The van der Waals surface area contributed by atoms with Gasteiger partial charge in [-0.3, -0.25) is 4.79 Å². The Bertz CT molecular complexity index is 500. The average Bonchev–Trinajstić information content (AvgIpc) is 3.01. The quantitative estimate of drug-likeness (QED) is 0.870. The fraction of sp³-hybridized carbons (Fsp3) is 0.533. The van der Waals surface area contributed by atoms with Crippen LogP contribution in [0.4, 0.5) is 0 Å². The maximum atomic E-state index is 12.3. The number of rotatable bonds is 6. The number of carbonyl (C=O) groups excluding carboxylic acids is 1. The molecule has 1 aromatic rings. The Balaban J connectivity index is 2.06. The normalized spacial score (nSPS) is 21.1. The summed E-state index contributed by atoms with van der Waals surface area (Å²) in [6, 6.07) is 5.15. The van der Waals surface area contributed by atoms with Crippen molar-refractivity contribution >= 4 is 17.7 Å². The number of carbonyl (C=O) groups is 1. The molecule has 21 heavy (non-hydrogen) atoms. The lowest BCUT2D eigenvalue weighted by molar-refractivity contribution is 0.0137. The van der Waals surface area contributed by atoms with Crippen LogP contribution >= 0.6 is 11.8 Å². The third-order valence-corrected chi connectivity index (χ3v) is 4.95. The fourth-order valence-electron chi connectivity index (χ4n) is 2.28. The van der Waals surface area contributed by atoms with E-state index < -0.39 is 0 Å². The lowest BCUT2D eigenvalue weighted by Gasteiger charge is -2.26. The minimum Gasteiger partial charge on any atom is -0.497 e. The van der Waals surface area contributed by atoms with E-state index in [0.717, 1.165) is 17.9 Å². The SMILES string of the molecule is COc1ccc(C(=O)NCC2(OC)CCSC2)c(OC)c1. The van der Waals surface area contributed by atoms with Gasteiger partial charge in [0, 0.05) is 25.5 Å². The molecule has 5 nitrogen and oxygen atoms in total. The summed E-state index contributed by atoms with van der Waals surface area (Å²) in [6.07, 6.45) is 0.953. The van der Waals surface area contributed by atoms with Crippen LogP contribution in [0.3, 0.4) is 0 Å². The molecule has 2 rings (SSSR count). The van der Waals surface area contributed by atoms with E-state index in [1.165, 1.54) is 7.11 Å². The molecule has 1 aliphatic rings. The van der Waals surface area contributed by atoms with Crippen LogP contribution in [0.15, 0.2) is 18.2 Å². The molecule has 0 bridgehead atoms. The number of nitrogens with one attached hydrogen (secondary N) is 1. The third kappa shape index (κ3) is 3.63. The zero-order chi connectivity index (χ0) is 15.3. The Hall–Kier alpha value is -1.40. The Morgan fingerprint density at radius 1 is 1.33 bits per heavy atom. The largest absolute Gasteiger partial charge is 0.497 e. The number of ether oxygens (including phenoxy) is 3. The van der Waals surface area contributed by atoms with Crippen molar-refractivity contribution in [2.45, 2.75) is 12.0 Å². The highest BCUT2D eigenvalue weighted by molar-refractivity contribution is 7.99. The molecular weight excluding hydrogens is 290 g/mol. The van der Waals surface area contributed by atoms with Crippen LogP contribution in [-0.2, 0) is 4.74 Å². The van der Waals surface area contributed by atoms with Crippen molar-refractivity contribution in [3.8, 4) is 11.5 Å². The van der Waals surface area contributed by atoms with Crippen molar-refractivity contribution in [1.29, 1.82) is 0 Å². The molecule has 116 valence electrons. The molecule has 0 radical (unpaired) electrons. The lowest BCUT2D eigenvalue weighted by Crippen LogP contribution is -2.44. The zero-order valence-corrected chi connectivity index (χ0v) is 13.4. The minimum absolute atomic E-state index is 0.164. The molecule has 1 saturated heterocycles. The van der Waals surface area contributed by atoms with Crippen molar-refractivity contribution in [1.82, 2.24) is 5.32 Å². The number of benzene rings is 1. The minimum atomic E-state index is -0.250. The van der Waals surface area contributed by atoms with E-state index in [-0.39, 0.29) is 11.5 Å². The van der Waals surface area contributed by atoms with Gasteiger partial charge in [0.15, 0.2) is 0 Å². The first-order valence-corrected chi connectivity index (χ1v) is 7.93. The summed E-state index contributed by atoms with van der Waals surface area (Å²) >= 11 is 1.85. The van der Waals surface area contributed by atoms with E-state index in [1.54, 1.807) is 32.4 Å². The molecular formula is C15H21NO4S. The topological polar surface area (TPSA) is 56.8 Å². The predicted octanol–water partition coefficient (Wildman–Crippen LogP) is 1.96. The van der Waals surface area contributed by atoms with Gasteiger partial charge >= 0.3 is 0 Å². The Morgan fingerprint density at radius 3 is 2.71 bits per heavy atom. The van der Waals surface area contributed by atoms with Gasteiger partial charge in [0.25, 0.3) is 5.91 Å². The van der Waals surface area contributed by atoms with Crippen LogP contribution in [0.25, 0.3) is 0 Å². The van der Waals surface area contributed by atoms with Crippen molar-refractivity contribution < 1.29 is 19.0 Å². The van der Waals surface area contributed by atoms with Gasteiger partial charge in [-0.1, -0.05) is 0 Å². The first kappa shape index (κ1) is 16.0. The maximum Gasteiger partial charge on any atom is 0.255 e. The summed E-state index contributed by atoms with van der Waals surface area (Å²) in [7, 11) is 4.82. The summed E-state index contributed by atoms with van der Waals surface area (Å²) < 4.78 is 16.0. The molecule has 1 N–H and O–H groups in total. The van der Waals surface area contributed by atoms with Crippen LogP contribution in [-0.4, -0.2) is 50.9 Å². The van der Waals surface area contributed by atoms with Crippen molar-refractivity contribution in [2.24, 2.45) is 0 Å². The Morgan fingerprint density at radius 2 is 2.14 bits per heavy atom. The van der Waals surface area contributed by atoms with E-state index in [1.807, 2.05) is 11.8 Å². The Labute approximate surface area is 129 Å². The number of methoxy groups -OCH3 is 3. The van der Waals surface area contributed by atoms with E-state index in [9.17, 15) is 4.79 Å². The summed E-state index contributed by atoms with van der Waals surface area (Å²) in [4.78, 5) is 12.3. The second-order valence-corrected chi connectivity index (χ2v) is 6.04. The molecule has 1 fully saturated rings. The monoisotopic (exact) mass is 311 g/mol. The highest BCUT2D eigenvalue weighted by Crippen LogP contribution is 2.30. The van der Waals surface area contributed by atoms with E-state index in [0.29, 0.717) is 23.6 Å². The van der Waals surface area contributed by atoms with Crippen molar-refractivity contribution in [2.75, 3.05) is 39.4 Å². The van der Waals surface area contributed by atoms with Crippen molar-refractivity contribution in [3.05, 3.63) is 23.8 Å². The highest BCUT2D eigenvalue weighted by Gasteiger charge is 2.34. The summed E-state index contributed by atoms with van der Waals surface area (Å²) in [6.45, 7) is 0.504. The van der Waals surface area contributed by atoms with Gasteiger partial charge in [0.1, 0.15) is 11.5 Å². The molecule has 0 aliphatic carbocycles. The summed E-state index contributed by atoms with van der Waals surface area (Å²) in [5.74, 6) is 2.96. The number of amides is 1. The molecule has 1 heterocycles. The number of hydrogen-bond acceptors (Lipinski definition) is 5. The average molecular weight is 311 g/mol. The third-order valence-electron chi connectivity index (χ3n) is 3.72. The van der Waals surface area contributed by atoms with E-state index >= 15 is 0 Å². The molecule has 1 unspecified atom stereocenters. The molecule has 0 saturated carbocycles.